The van der Waals surface area contributed by atoms with Crippen LogP contribution in [0.15, 0.2) is 24.3 Å². The first-order valence-electron chi connectivity index (χ1n) is 6.82. The average Bonchev–Trinajstić information content (AvgIpc) is 2.46. The largest absolute Gasteiger partial charge is 0.368 e. The Kier molecular flexibility index (Phi) is 3.28. The molecule has 1 aliphatic heterocycles. The van der Waals surface area contributed by atoms with E-state index in [2.05, 4.69) is 39.2 Å². The highest BCUT2D eigenvalue weighted by atomic mass is 15.2. The third-order valence-corrected chi connectivity index (χ3v) is 3.72. The van der Waals surface area contributed by atoms with Crippen LogP contribution < -0.4 is 16.0 Å². The van der Waals surface area contributed by atoms with Crippen LogP contribution in [0.4, 0.5) is 17.5 Å². The molecule has 0 saturated carbocycles. The quantitative estimate of drug-likeness (QED) is 0.870. The van der Waals surface area contributed by atoms with E-state index in [0.29, 0.717) is 5.95 Å². The van der Waals surface area contributed by atoms with E-state index < -0.39 is 0 Å². The maximum Gasteiger partial charge on any atom is 0.222 e. The van der Waals surface area contributed by atoms with Crippen LogP contribution >= 0.6 is 0 Å². The summed E-state index contributed by atoms with van der Waals surface area (Å²) in [5.41, 5.74) is 10.4. The topological polar surface area (TPSA) is 67.1 Å². The standard InChI is InChI=1S/C15H19N5/c1-10-5-3-4-6-13(10)20(2)14-11-9-17-8-7-12(11)18-15(16)19-14/h3-6,17H,7-9H2,1-2H3,(H2,16,18,19). The fraction of sp³-hybridized carbons (Fsp3) is 0.333. The number of aromatic nitrogens is 2. The fourth-order valence-corrected chi connectivity index (χ4v) is 2.68. The molecule has 1 aliphatic rings. The molecular formula is C15H19N5. The third-order valence-electron chi connectivity index (χ3n) is 3.72. The number of nitrogens with zero attached hydrogens (tertiary/aromatic N) is 3. The number of benzene rings is 1. The number of hydrogen-bond donors (Lipinski definition) is 2. The molecule has 0 spiro atoms. The van der Waals surface area contributed by atoms with Gasteiger partial charge in [-0.05, 0) is 18.6 Å². The van der Waals surface area contributed by atoms with Gasteiger partial charge in [-0.3, -0.25) is 0 Å². The highest BCUT2D eigenvalue weighted by Crippen LogP contribution is 2.30. The number of fused-ring (bicyclic) bond motifs is 1. The summed E-state index contributed by atoms with van der Waals surface area (Å²) in [5, 5.41) is 3.37. The highest BCUT2D eigenvalue weighted by molar-refractivity contribution is 5.66. The molecule has 0 atom stereocenters. The minimum atomic E-state index is 0.348. The number of rotatable bonds is 2. The zero-order valence-corrected chi connectivity index (χ0v) is 11.8. The smallest absolute Gasteiger partial charge is 0.222 e. The molecule has 0 radical (unpaired) electrons. The van der Waals surface area contributed by atoms with Crippen LogP contribution in [0.5, 0.6) is 0 Å². The maximum absolute atomic E-state index is 5.87. The molecule has 0 saturated heterocycles. The molecule has 3 rings (SSSR count). The first-order chi connectivity index (χ1) is 9.66. The predicted molar refractivity (Wildman–Crippen MR) is 81.1 cm³/mol. The van der Waals surface area contributed by atoms with Gasteiger partial charge >= 0.3 is 0 Å². The van der Waals surface area contributed by atoms with Crippen molar-refractivity contribution in [2.24, 2.45) is 0 Å². The van der Waals surface area contributed by atoms with Crippen LogP contribution in [0.25, 0.3) is 0 Å². The lowest BCUT2D eigenvalue weighted by molar-refractivity contribution is 0.627. The number of nitrogens with one attached hydrogen (secondary N) is 1. The summed E-state index contributed by atoms with van der Waals surface area (Å²) >= 11 is 0. The Morgan fingerprint density at radius 1 is 1.25 bits per heavy atom. The first-order valence-corrected chi connectivity index (χ1v) is 6.82. The number of nitrogen functional groups attached to an aromatic ring is 1. The van der Waals surface area contributed by atoms with Gasteiger partial charge in [-0.2, -0.15) is 4.98 Å². The Balaban J connectivity index is 2.10. The Morgan fingerprint density at radius 2 is 2.05 bits per heavy atom. The predicted octanol–water partition coefficient (Wildman–Crippen LogP) is 1.78. The molecule has 0 fully saturated rings. The number of hydrogen-bond acceptors (Lipinski definition) is 5. The van der Waals surface area contributed by atoms with Gasteiger partial charge in [0.15, 0.2) is 0 Å². The van der Waals surface area contributed by atoms with E-state index in [4.69, 9.17) is 5.73 Å². The minimum absolute atomic E-state index is 0.348. The molecule has 20 heavy (non-hydrogen) atoms. The van der Waals surface area contributed by atoms with Crippen molar-refractivity contribution in [1.29, 1.82) is 0 Å². The molecule has 1 aromatic heterocycles. The van der Waals surface area contributed by atoms with Crippen LogP contribution in [0.1, 0.15) is 16.8 Å². The molecule has 5 heteroatoms. The molecule has 104 valence electrons. The van der Waals surface area contributed by atoms with E-state index in [1.54, 1.807) is 0 Å². The molecule has 2 aromatic rings. The SMILES string of the molecule is Cc1ccccc1N(C)c1nc(N)nc2c1CNCC2. The third kappa shape index (κ3) is 2.20. The Hall–Kier alpha value is -2.14. The van der Waals surface area contributed by atoms with Crippen LogP contribution in [0, 0.1) is 6.92 Å². The summed E-state index contributed by atoms with van der Waals surface area (Å²) < 4.78 is 0. The van der Waals surface area contributed by atoms with Gasteiger partial charge in [-0.1, -0.05) is 18.2 Å². The fourth-order valence-electron chi connectivity index (χ4n) is 2.68. The Bertz CT molecular complexity index is 638. The monoisotopic (exact) mass is 269 g/mol. The molecule has 5 nitrogen and oxygen atoms in total. The van der Waals surface area contributed by atoms with Gasteiger partial charge in [0.05, 0.1) is 5.69 Å². The zero-order valence-electron chi connectivity index (χ0n) is 11.8. The van der Waals surface area contributed by atoms with E-state index in [0.717, 1.165) is 42.3 Å². The Morgan fingerprint density at radius 3 is 2.85 bits per heavy atom. The van der Waals surface area contributed by atoms with Gasteiger partial charge in [0.2, 0.25) is 5.95 Å². The van der Waals surface area contributed by atoms with Gasteiger partial charge in [-0.15, -0.1) is 0 Å². The second-order valence-corrected chi connectivity index (χ2v) is 5.10. The lowest BCUT2D eigenvalue weighted by atomic mass is 10.1. The van der Waals surface area contributed by atoms with Gasteiger partial charge < -0.3 is 16.0 Å². The van der Waals surface area contributed by atoms with Crippen molar-refractivity contribution in [3.63, 3.8) is 0 Å². The number of para-hydroxylation sites is 1. The average molecular weight is 269 g/mol. The van der Waals surface area contributed by atoms with Crippen LogP contribution in [-0.2, 0) is 13.0 Å². The van der Waals surface area contributed by atoms with Crippen molar-refractivity contribution < 1.29 is 0 Å². The van der Waals surface area contributed by atoms with E-state index in [9.17, 15) is 0 Å². The molecule has 0 bridgehead atoms. The van der Waals surface area contributed by atoms with Crippen molar-refractivity contribution in [3.8, 4) is 0 Å². The van der Waals surface area contributed by atoms with Crippen LogP contribution in [0.3, 0.4) is 0 Å². The summed E-state index contributed by atoms with van der Waals surface area (Å²) in [5.74, 6) is 1.25. The van der Waals surface area contributed by atoms with E-state index in [1.165, 1.54) is 5.56 Å². The lowest BCUT2D eigenvalue weighted by Crippen LogP contribution is -2.28. The number of anilines is 3. The molecule has 0 aliphatic carbocycles. The lowest BCUT2D eigenvalue weighted by Gasteiger charge is -2.26. The summed E-state index contributed by atoms with van der Waals surface area (Å²) in [6.07, 6.45) is 0.899. The maximum atomic E-state index is 5.87. The van der Waals surface area contributed by atoms with Gasteiger partial charge in [0.1, 0.15) is 5.82 Å². The summed E-state index contributed by atoms with van der Waals surface area (Å²) in [7, 11) is 2.03. The van der Waals surface area contributed by atoms with Crippen molar-refractivity contribution in [2.75, 3.05) is 24.2 Å². The van der Waals surface area contributed by atoms with E-state index in [-0.39, 0.29) is 0 Å². The second-order valence-electron chi connectivity index (χ2n) is 5.10. The Labute approximate surface area is 118 Å². The minimum Gasteiger partial charge on any atom is -0.368 e. The molecule has 1 aromatic carbocycles. The molecule has 0 amide bonds. The molecular weight excluding hydrogens is 250 g/mol. The molecule has 2 heterocycles. The number of nitrogens with two attached hydrogens (primary N) is 1. The zero-order chi connectivity index (χ0) is 14.1. The summed E-state index contributed by atoms with van der Waals surface area (Å²) in [6.45, 7) is 3.83. The van der Waals surface area contributed by atoms with Gasteiger partial charge in [0.25, 0.3) is 0 Å². The summed E-state index contributed by atoms with van der Waals surface area (Å²) in [4.78, 5) is 10.9. The molecule has 3 N–H and O–H groups in total. The van der Waals surface area contributed by atoms with Gasteiger partial charge in [-0.25, -0.2) is 4.98 Å². The van der Waals surface area contributed by atoms with E-state index >= 15 is 0 Å². The second kappa shape index (κ2) is 5.09. The normalized spacial score (nSPS) is 13.9. The van der Waals surface area contributed by atoms with Crippen molar-refractivity contribution >= 4 is 17.5 Å². The van der Waals surface area contributed by atoms with Crippen molar-refractivity contribution in [2.45, 2.75) is 19.9 Å². The number of aryl methyl sites for hydroxylation is 1. The van der Waals surface area contributed by atoms with Crippen LogP contribution in [-0.4, -0.2) is 23.6 Å². The van der Waals surface area contributed by atoms with Crippen LogP contribution in [0.2, 0.25) is 0 Å². The van der Waals surface area contributed by atoms with Crippen molar-refractivity contribution in [1.82, 2.24) is 15.3 Å². The molecule has 0 unspecified atom stereocenters. The van der Waals surface area contributed by atoms with E-state index in [1.807, 2.05) is 19.2 Å². The van der Waals surface area contributed by atoms with Crippen molar-refractivity contribution in [3.05, 3.63) is 41.1 Å². The first kappa shape index (κ1) is 12.9. The van der Waals surface area contributed by atoms with Gasteiger partial charge in [0, 0.05) is 37.8 Å². The highest BCUT2D eigenvalue weighted by Gasteiger charge is 2.20. The summed E-state index contributed by atoms with van der Waals surface area (Å²) in [6, 6.07) is 8.27.